The first kappa shape index (κ1) is 13.9. The Morgan fingerprint density at radius 1 is 1.42 bits per heavy atom. The Balaban J connectivity index is 2.04. The van der Waals surface area contributed by atoms with Gasteiger partial charge in [-0.2, -0.15) is 0 Å². The number of carbonyl (C=O) groups excluding carboxylic acids is 1. The van der Waals surface area contributed by atoms with Gasteiger partial charge in [-0.3, -0.25) is 0 Å². The smallest absolute Gasteiger partial charge is 0.357 e. The summed E-state index contributed by atoms with van der Waals surface area (Å²) in [6.45, 7) is 2.13. The van der Waals surface area contributed by atoms with Crippen molar-refractivity contribution in [3.8, 4) is 0 Å². The molecule has 0 amide bonds. The quantitative estimate of drug-likeness (QED) is 0.671. The van der Waals surface area contributed by atoms with E-state index in [-0.39, 0.29) is 5.97 Å². The standard InChI is InChI=1S/C13H14N2O2S2/c1-3-17-12(16)11-8-19-13(15-11)14-9-4-6-10(18-2)7-5-9/h4-8H,3H2,1-2H3,(H,14,15). The molecular weight excluding hydrogens is 280 g/mol. The average molecular weight is 294 g/mol. The molecule has 2 rings (SSSR count). The molecule has 0 bridgehead atoms. The van der Waals surface area contributed by atoms with Crippen molar-refractivity contribution < 1.29 is 9.53 Å². The summed E-state index contributed by atoms with van der Waals surface area (Å²) in [6.07, 6.45) is 2.04. The van der Waals surface area contributed by atoms with E-state index in [1.165, 1.54) is 16.2 Å². The molecule has 1 aromatic heterocycles. The Kier molecular flexibility index (Phi) is 4.81. The lowest BCUT2D eigenvalue weighted by molar-refractivity contribution is 0.0520. The summed E-state index contributed by atoms with van der Waals surface area (Å²) >= 11 is 3.08. The number of nitrogens with zero attached hydrogens (tertiary/aromatic N) is 1. The van der Waals surface area contributed by atoms with Gasteiger partial charge in [0.15, 0.2) is 10.8 Å². The summed E-state index contributed by atoms with van der Waals surface area (Å²) in [5, 5.41) is 5.53. The molecule has 0 atom stereocenters. The fraction of sp³-hybridized carbons (Fsp3) is 0.231. The Morgan fingerprint density at radius 3 is 2.79 bits per heavy atom. The zero-order valence-corrected chi connectivity index (χ0v) is 12.3. The first-order valence-electron chi connectivity index (χ1n) is 5.76. The van der Waals surface area contributed by atoms with Crippen molar-refractivity contribution in [2.75, 3.05) is 18.2 Å². The van der Waals surface area contributed by atoms with Gasteiger partial charge in [-0.1, -0.05) is 0 Å². The lowest BCUT2D eigenvalue weighted by Gasteiger charge is -2.03. The number of benzene rings is 1. The molecule has 0 aliphatic carbocycles. The number of nitrogens with one attached hydrogen (secondary N) is 1. The zero-order chi connectivity index (χ0) is 13.7. The van der Waals surface area contributed by atoms with Crippen molar-refractivity contribution in [2.45, 2.75) is 11.8 Å². The lowest BCUT2D eigenvalue weighted by atomic mass is 10.3. The highest BCUT2D eigenvalue weighted by Gasteiger charge is 2.11. The number of rotatable bonds is 5. The second-order valence-corrected chi connectivity index (χ2v) is 5.35. The Hall–Kier alpha value is -1.53. The number of anilines is 2. The number of carbonyl (C=O) groups is 1. The summed E-state index contributed by atoms with van der Waals surface area (Å²) in [6, 6.07) is 8.04. The third kappa shape index (κ3) is 3.71. The molecule has 0 spiro atoms. The summed E-state index contributed by atoms with van der Waals surface area (Å²) in [7, 11) is 0. The van der Waals surface area contributed by atoms with E-state index in [0.717, 1.165) is 5.69 Å². The minimum atomic E-state index is -0.385. The highest BCUT2D eigenvalue weighted by molar-refractivity contribution is 7.98. The SMILES string of the molecule is CCOC(=O)c1csc(Nc2ccc(SC)cc2)n1. The molecule has 2 aromatic rings. The molecule has 4 nitrogen and oxygen atoms in total. The minimum absolute atomic E-state index is 0.343. The molecule has 1 aromatic carbocycles. The second kappa shape index (κ2) is 6.58. The third-order valence-corrected chi connectivity index (χ3v) is 3.83. The molecule has 0 aliphatic rings. The van der Waals surface area contributed by atoms with Gasteiger partial charge in [0.2, 0.25) is 0 Å². The van der Waals surface area contributed by atoms with Crippen LogP contribution in [0.1, 0.15) is 17.4 Å². The van der Waals surface area contributed by atoms with Gasteiger partial charge in [0.05, 0.1) is 6.61 Å². The van der Waals surface area contributed by atoms with Gasteiger partial charge < -0.3 is 10.1 Å². The molecule has 19 heavy (non-hydrogen) atoms. The fourth-order valence-corrected chi connectivity index (χ4v) is 2.54. The van der Waals surface area contributed by atoms with E-state index in [1.807, 2.05) is 30.5 Å². The van der Waals surface area contributed by atoms with E-state index in [4.69, 9.17) is 4.74 Å². The van der Waals surface area contributed by atoms with E-state index in [9.17, 15) is 4.79 Å². The Bertz CT molecular complexity index is 552. The monoisotopic (exact) mass is 294 g/mol. The number of hydrogen-bond acceptors (Lipinski definition) is 6. The molecule has 0 unspecified atom stereocenters. The minimum Gasteiger partial charge on any atom is -0.461 e. The topological polar surface area (TPSA) is 51.2 Å². The molecule has 1 N–H and O–H groups in total. The van der Waals surface area contributed by atoms with Crippen LogP contribution in [-0.2, 0) is 4.74 Å². The van der Waals surface area contributed by atoms with Crippen LogP contribution in [0.25, 0.3) is 0 Å². The summed E-state index contributed by atoms with van der Waals surface area (Å²) in [4.78, 5) is 16.9. The van der Waals surface area contributed by atoms with E-state index < -0.39 is 0 Å². The van der Waals surface area contributed by atoms with Gasteiger partial charge in [0.25, 0.3) is 0 Å². The van der Waals surface area contributed by atoms with Crippen molar-refractivity contribution in [3.63, 3.8) is 0 Å². The van der Waals surface area contributed by atoms with Gasteiger partial charge >= 0.3 is 5.97 Å². The fourth-order valence-electron chi connectivity index (χ4n) is 1.43. The van der Waals surface area contributed by atoms with Crippen molar-refractivity contribution in [3.05, 3.63) is 35.3 Å². The van der Waals surface area contributed by atoms with Gasteiger partial charge in [-0.05, 0) is 37.4 Å². The molecule has 0 radical (unpaired) electrons. The number of hydrogen-bond donors (Lipinski definition) is 1. The predicted octanol–water partition coefficient (Wildman–Crippen LogP) is 3.79. The van der Waals surface area contributed by atoms with Crippen LogP contribution in [0.5, 0.6) is 0 Å². The van der Waals surface area contributed by atoms with Gasteiger partial charge in [-0.25, -0.2) is 9.78 Å². The van der Waals surface area contributed by atoms with Crippen LogP contribution >= 0.6 is 23.1 Å². The number of ether oxygens (including phenoxy) is 1. The van der Waals surface area contributed by atoms with Crippen molar-refractivity contribution in [2.24, 2.45) is 0 Å². The molecule has 1 heterocycles. The van der Waals surface area contributed by atoms with Crippen molar-refractivity contribution in [1.82, 2.24) is 4.98 Å². The molecule has 6 heteroatoms. The van der Waals surface area contributed by atoms with Crippen LogP contribution in [0, 0.1) is 0 Å². The lowest BCUT2D eigenvalue weighted by Crippen LogP contribution is -2.04. The largest absolute Gasteiger partial charge is 0.461 e. The molecular formula is C13H14N2O2S2. The third-order valence-electron chi connectivity index (χ3n) is 2.33. The van der Waals surface area contributed by atoms with E-state index >= 15 is 0 Å². The van der Waals surface area contributed by atoms with Crippen LogP contribution in [0.2, 0.25) is 0 Å². The summed E-state index contributed by atoms with van der Waals surface area (Å²) in [5.74, 6) is -0.385. The van der Waals surface area contributed by atoms with E-state index in [1.54, 1.807) is 24.1 Å². The molecule has 0 saturated heterocycles. The zero-order valence-electron chi connectivity index (χ0n) is 10.7. The second-order valence-electron chi connectivity index (χ2n) is 3.61. The Labute approximate surface area is 120 Å². The van der Waals surface area contributed by atoms with Gasteiger partial charge in [-0.15, -0.1) is 23.1 Å². The first-order valence-corrected chi connectivity index (χ1v) is 7.87. The van der Waals surface area contributed by atoms with Gasteiger partial charge in [0.1, 0.15) is 0 Å². The van der Waals surface area contributed by atoms with Crippen molar-refractivity contribution >= 4 is 39.9 Å². The Morgan fingerprint density at radius 2 is 2.16 bits per heavy atom. The van der Waals surface area contributed by atoms with Crippen LogP contribution in [0.3, 0.4) is 0 Å². The molecule has 0 aliphatic heterocycles. The first-order chi connectivity index (χ1) is 9.22. The van der Waals surface area contributed by atoms with Crippen LogP contribution < -0.4 is 5.32 Å². The predicted molar refractivity (Wildman–Crippen MR) is 79.6 cm³/mol. The van der Waals surface area contributed by atoms with Gasteiger partial charge in [0, 0.05) is 16.0 Å². The average Bonchev–Trinajstić information content (AvgIpc) is 2.88. The van der Waals surface area contributed by atoms with Crippen LogP contribution in [0.4, 0.5) is 10.8 Å². The number of esters is 1. The molecule has 100 valence electrons. The number of thioether (sulfide) groups is 1. The summed E-state index contributed by atoms with van der Waals surface area (Å²) < 4.78 is 4.90. The van der Waals surface area contributed by atoms with E-state index in [0.29, 0.717) is 17.4 Å². The van der Waals surface area contributed by atoms with Crippen molar-refractivity contribution in [1.29, 1.82) is 0 Å². The molecule has 0 fully saturated rings. The maximum atomic E-state index is 11.5. The van der Waals surface area contributed by atoms with Crippen LogP contribution in [-0.4, -0.2) is 23.8 Å². The maximum Gasteiger partial charge on any atom is 0.357 e. The molecule has 0 saturated carbocycles. The normalized spacial score (nSPS) is 10.2. The number of aromatic nitrogens is 1. The highest BCUT2D eigenvalue weighted by atomic mass is 32.2. The summed E-state index contributed by atoms with van der Waals surface area (Å²) in [5.41, 5.74) is 1.29. The highest BCUT2D eigenvalue weighted by Crippen LogP contribution is 2.23. The number of thiazole rings is 1. The van der Waals surface area contributed by atoms with Crippen LogP contribution in [0.15, 0.2) is 34.5 Å². The van der Waals surface area contributed by atoms with E-state index in [2.05, 4.69) is 10.3 Å². The maximum absolute atomic E-state index is 11.5.